The quantitative estimate of drug-likeness (QED) is 0.487. The van der Waals surface area contributed by atoms with Gasteiger partial charge in [-0.15, -0.1) is 0 Å². The van der Waals surface area contributed by atoms with E-state index in [0.717, 1.165) is 4.47 Å². The van der Waals surface area contributed by atoms with Crippen LogP contribution in [-0.2, 0) is 4.79 Å². The van der Waals surface area contributed by atoms with Gasteiger partial charge in [0.1, 0.15) is 4.83 Å². The molecule has 0 aliphatic rings. The Labute approximate surface area is 98.9 Å². The molecule has 0 heterocycles. The van der Waals surface area contributed by atoms with Gasteiger partial charge in [-0.2, -0.15) is 0 Å². The summed E-state index contributed by atoms with van der Waals surface area (Å²) in [5.74, 6) is -0.386. The summed E-state index contributed by atoms with van der Waals surface area (Å²) in [5, 5.41) is 0. The van der Waals surface area contributed by atoms with Crippen molar-refractivity contribution in [1.29, 1.82) is 0 Å². The first-order valence-electron chi connectivity index (χ1n) is 3.96. The van der Waals surface area contributed by atoms with E-state index in [9.17, 15) is 9.59 Å². The number of halogens is 2. The molecule has 0 spiro atoms. The van der Waals surface area contributed by atoms with Crippen LogP contribution in [0.5, 0.6) is 0 Å². The molecule has 2 nitrogen and oxygen atoms in total. The van der Waals surface area contributed by atoms with Crippen molar-refractivity contribution in [1.82, 2.24) is 0 Å². The highest BCUT2D eigenvalue weighted by atomic mass is 79.9. The van der Waals surface area contributed by atoms with E-state index in [1.807, 2.05) is 0 Å². The first kappa shape index (κ1) is 11.6. The number of hydrogen-bond acceptors (Lipinski definition) is 2. The van der Waals surface area contributed by atoms with Crippen molar-refractivity contribution in [2.24, 2.45) is 0 Å². The van der Waals surface area contributed by atoms with Gasteiger partial charge in [-0.1, -0.05) is 44.0 Å². The molecular weight excluding hydrogens is 312 g/mol. The van der Waals surface area contributed by atoms with Crippen LogP contribution in [-0.4, -0.2) is 16.4 Å². The summed E-state index contributed by atoms with van der Waals surface area (Å²) < 4.78 is 0.906. The molecule has 0 aliphatic carbocycles. The Hall–Kier alpha value is -0.480. The molecule has 0 radical (unpaired) electrons. The fraction of sp³-hybridized carbons (Fsp3) is 0.200. The molecule has 0 amide bonds. The second kappa shape index (κ2) is 4.84. The molecular formula is C10H8Br2O2. The standard InChI is InChI=1S/C10H8Br2O2/c1-6(13)9(12)10(14)7-2-4-8(11)5-3-7/h2-5,9H,1H3/t9-/m1/s1. The Balaban J connectivity index is 2.90. The Kier molecular flexibility index (Phi) is 4.01. The van der Waals surface area contributed by atoms with Gasteiger partial charge < -0.3 is 0 Å². The van der Waals surface area contributed by atoms with Gasteiger partial charge in [0.2, 0.25) is 0 Å². The molecule has 1 atom stereocenters. The van der Waals surface area contributed by atoms with Crippen molar-refractivity contribution in [3.05, 3.63) is 34.3 Å². The zero-order valence-corrected chi connectivity index (χ0v) is 10.6. The number of hydrogen-bond donors (Lipinski definition) is 0. The van der Waals surface area contributed by atoms with Gasteiger partial charge in [0.15, 0.2) is 11.6 Å². The summed E-state index contributed by atoms with van der Waals surface area (Å²) >= 11 is 6.32. The molecule has 1 rings (SSSR count). The number of carbonyl (C=O) groups excluding carboxylic acids is 2. The largest absolute Gasteiger partial charge is 0.298 e. The summed E-state index contributed by atoms with van der Waals surface area (Å²) in [7, 11) is 0. The zero-order valence-electron chi connectivity index (χ0n) is 7.46. The van der Waals surface area contributed by atoms with Crippen LogP contribution in [0.1, 0.15) is 17.3 Å². The van der Waals surface area contributed by atoms with Crippen molar-refractivity contribution in [3.63, 3.8) is 0 Å². The SMILES string of the molecule is CC(=O)[C@@H](Br)C(=O)c1ccc(Br)cc1. The maximum absolute atomic E-state index is 11.6. The first-order valence-corrected chi connectivity index (χ1v) is 5.67. The predicted molar refractivity (Wildman–Crippen MR) is 61.9 cm³/mol. The van der Waals surface area contributed by atoms with E-state index in [0.29, 0.717) is 5.56 Å². The Bertz CT molecular complexity index is 357. The highest BCUT2D eigenvalue weighted by Gasteiger charge is 2.20. The second-order valence-corrected chi connectivity index (χ2v) is 4.68. The van der Waals surface area contributed by atoms with Crippen molar-refractivity contribution in [2.75, 3.05) is 0 Å². The van der Waals surface area contributed by atoms with E-state index in [1.165, 1.54) is 6.92 Å². The monoisotopic (exact) mass is 318 g/mol. The molecule has 0 bridgehead atoms. The molecule has 1 aromatic carbocycles. The minimum absolute atomic E-state index is 0.182. The fourth-order valence-corrected chi connectivity index (χ4v) is 1.47. The zero-order chi connectivity index (χ0) is 10.7. The van der Waals surface area contributed by atoms with Crippen molar-refractivity contribution < 1.29 is 9.59 Å². The highest BCUT2D eigenvalue weighted by Crippen LogP contribution is 2.15. The van der Waals surface area contributed by atoms with E-state index in [4.69, 9.17) is 0 Å². The molecule has 4 heteroatoms. The molecule has 74 valence electrons. The van der Waals surface area contributed by atoms with E-state index in [2.05, 4.69) is 31.9 Å². The minimum Gasteiger partial charge on any atom is -0.298 e. The van der Waals surface area contributed by atoms with Crippen LogP contribution in [0.2, 0.25) is 0 Å². The van der Waals surface area contributed by atoms with Crippen LogP contribution < -0.4 is 0 Å². The average molecular weight is 320 g/mol. The summed E-state index contributed by atoms with van der Waals surface area (Å²) in [4.78, 5) is 21.8. The van der Waals surface area contributed by atoms with Gasteiger partial charge in [-0.25, -0.2) is 0 Å². The lowest BCUT2D eigenvalue weighted by atomic mass is 10.1. The van der Waals surface area contributed by atoms with E-state index in [1.54, 1.807) is 24.3 Å². The second-order valence-electron chi connectivity index (χ2n) is 2.84. The third-order valence-corrected chi connectivity index (χ3v) is 3.31. The van der Waals surface area contributed by atoms with E-state index in [-0.39, 0.29) is 11.6 Å². The van der Waals surface area contributed by atoms with Crippen LogP contribution in [0.15, 0.2) is 28.7 Å². The van der Waals surface area contributed by atoms with Crippen molar-refractivity contribution in [3.8, 4) is 0 Å². The van der Waals surface area contributed by atoms with Gasteiger partial charge in [-0.05, 0) is 19.1 Å². The molecule has 0 saturated carbocycles. The Morgan fingerprint density at radius 3 is 2.14 bits per heavy atom. The summed E-state index contributed by atoms with van der Waals surface area (Å²) in [6.45, 7) is 1.39. The minimum atomic E-state index is -0.733. The van der Waals surface area contributed by atoms with Crippen LogP contribution in [0.4, 0.5) is 0 Å². The van der Waals surface area contributed by atoms with Gasteiger partial charge in [0, 0.05) is 10.0 Å². The molecule has 1 aromatic rings. The van der Waals surface area contributed by atoms with Crippen molar-refractivity contribution in [2.45, 2.75) is 11.8 Å². The fourth-order valence-electron chi connectivity index (χ4n) is 0.945. The molecule has 14 heavy (non-hydrogen) atoms. The van der Waals surface area contributed by atoms with Crippen LogP contribution in [0, 0.1) is 0 Å². The molecule has 0 N–H and O–H groups in total. The molecule has 0 unspecified atom stereocenters. The van der Waals surface area contributed by atoms with Gasteiger partial charge >= 0.3 is 0 Å². The molecule has 0 aromatic heterocycles. The van der Waals surface area contributed by atoms with Crippen molar-refractivity contribution >= 4 is 43.4 Å². The van der Waals surface area contributed by atoms with Crippen LogP contribution in [0.3, 0.4) is 0 Å². The van der Waals surface area contributed by atoms with Crippen LogP contribution >= 0.6 is 31.9 Å². The summed E-state index contributed by atoms with van der Waals surface area (Å²) in [6, 6.07) is 6.91. The normalized spacial score (nSPS) is 12.2. The van der Waals surface area contributed by atoms with Gasteiger partial charge in [0.25, 0.3) is 0 Å². The smallest absolute Gasteiger partial charge is 0.183 e. The lowest BCUT2D eigenvalue weighted by Crippen LogP contribution is -2.21. The number of ketones is 2. The summed E-state index contributed by atoms with van der Waals surface area (Å²) in [6.07, 6.45) is 0. The lowest BCUT2D eigenvalue weighted by Gasteiger charge is -2.04. The van der Waals surface area contributed by atoms with Crippen LogP contribution in [0.25, 0.3) is 0 Å². The predicted octanol–water partition coefficient (Wildman–Crippen LogP) is 2.98. The third-order valence-electron chi connectivity index (χ3n) is 1.72. The number of alkyl halides is 1. The number of Topliss-reactive ketones (excluding diaryl/α,β-unsaturated/α-hetero) is 2. The summed E-state index contributed by atoms with van der Waals surface area (Å²) in [5.41, 5.74) is 0.533. The first-order chi connectivity index (χ1) is 6.52. The Morgan fingerprint density at radius 2 is 1.71 bits per heavy atom. The van der Waals surface area contributed by atoms with E-state index >= 15 is 0 Å². The molecule has 0 fully saturated rings. The van der Waals surface area contributed by atoms with E-state index < -0.39 is 4.83 Å². The average Bonchev–Trinajstić information content (AvgIpc) is 2.16. The molecule has 0 aliphatic heterocycles. The Morgan fingerprint density at radius 1 is 1.21 bits per heavy atom. The maximum atomic E-state index is 11.6. The number of carbonyl (C=O) groups is 2. The third kappa shape index (κ3) is 2.75. The maximum Gasteiger partial charge on any atom is 0.183 e. The van der Waals surface area contributed by atoms with Gasteiger partial charge in [-0.3, -0.25) is 9.59 Å². The number of benzene rings is 1. The highest BCUT2D eigenvalue weighted by molar-refractivity contribution is 9.10. The van der Waals surface area contributed by atoms with Gasteiger partial charge in [0.05, 0.1) is 0 Å². The molecule has 0 saturated heterocycles. The lowest BCUT2D eigenvalue weighted by molar-refractivity contribution is -0.115. The number of rotatable bonds is 3. The topological polar surface area (TPSA) is 34.1 Å².